The number of carbonyl (C=O) groups is 2. The van der Waals surface area contributed by atoms with Crippen LogP contribution in [0.5, 0.6) is 11.5 Å². The van der Waals surface area contributed by atoms with Crippen LogP contribution >= 0.6 is 11.6 Å². The molecule has 0 radical (unpaired) electrons. The van der Waals surface area contributed by atoms with E-state index in [9.17, 15) is 18.0 Å². The number of methoxy groups -OCH3 is 2. The maximum Gasteiger partial charge on any atom is 0.264 e. The smallest absolute Gasteiger partial charge is 0.264 e. The van der Waals surface area contributed by atoms with Crippen LogP contribution in [0.2, 0.25) is 5.02 Å². The van der Waals surface area contributed by atoms with E-state index in [0.29, 0.717) is 10.8 Å². The van der Waals surface area contributed by atoms with Gasteiger partial charge in [0.1, 0.15) is 12.6 Å². The van der Waals surface area contributed by atoms with Gasteiger partial charge in [0, 0.05) is 30.1 Å². The van der Waals surface area contributed by atoms with E-state index in [1.807, 2.05) is 61.5 Å². The summed E-state index contributed by atoms with van der Waals surface area (Å²) in [6.07, 6.45) is 4.07. The summed E-state index contributed by atoms with van der Waals surface area (Å²) in [6.45, 7) is 1.49. The van der Waals surface area contributed by atoms with E-state index in [0.717, 1.165) is 46.7 Å². The van der Waals surface area contributed by atoms with Crippen LogP contribution in [0, 0.1) is 6.92 Å². The normalized spacial score (nSPS) is 13.8. The van der Waals surface area contributed by atoms with Gasteiger partial charge in [0.15, 0.2) is 11.5 Å². The average molecular weight is 704 g/mol. The molecule has 0 heterocycles. The van der Waals surface area contributed by atoms with Crippen molar-refractivity contribution >= 4 is 39.1 Å². The number of rotatable bonds is 14. The molecule has 0 saturated heterocycles. The number of carbonyl (C=O) groups excluding carboxylic acids is 2. The van der Waals surface area contributed by atoms with Crippen LogP contribution in [0.1, 0.15) is 42.4 Å². The summed E-state index contributed by atoms with van der Waals surface area (Å²) >= 11 is 6.18. The Morgan fingerprint density at radius 1 is 0.857 bits per heavy atom. The Labute approximate surface area is 293 Å². The van der Waals surface area contributed by atoms with Crippen molar-refractivity contribution in [1.82, 2.24) is 10.2 Å². The van der Waals surface area contributed by atoms with Crippen molar-refractivity contribution in [2.45, 2.75) is 62.6 Å². The quantitative estimate of drug-likeness (QED) is 0.160. The van der Waals surface area contributed by atoms with E-state index in [-0.39, 0.29) is 41.2 Å². The van der Waals surface area contributed by atoms with Gasteiger partial charge >= 0.3 is 0 Å². The summed E-state index contributed by atoms with van der Waals surface area (Å²) in [5.74, 6) is -0.227. The van der Waals surface area contributed by atoms with Crippen molar-refractivity contribution in [1.29, 1.82) is 0 Å². The van der Waals surface area contributed by atoms with E-state index in [1.54, 1.807) is 24.3 Å². The fourth-order valence-corrected chi connectivity index (χ4v) is 7.61. The van der Waals surface area contributed by atoms with Gasteiger partial charge in [0.2, 0.25) is 11.8 Å². The van der Waals surface area contributed by atoms with E-state index >= 15 is 0 Å². The Balaban J connectivity index is 1.57. The van der Waals surface area contributed by atoms with Gasteiger partial charge in [-0.05, 0) is 67.3 Å². The molecule has 1 aliphatic carbocycles. The Kier molecular flexibility index (Phi) is 11.9. The molecular weight excluding hydrogens is 662 g/mol. The highest BCUT2D eigenvalue weighted by Crippen LogP contribution is 2.33. The van der Waals surface area contributed by atoms with Crippen molar-refractivity contribution in [2.24, 2.45) is 0 Å². The number of sulfonamides is 1. The van der Waals surface area contributed by atoms with Gasteiger partial charge in [-0.25, -0.2) is 8.42 Å². The standard InChI is InChI=1S/C38H42ClN3O6S/c1-27-13-15-29(16-14-27)25-41(34(23-28-9-5-4-6-10-28)38(44)40-31-11-7-8-12-31)37(43)26-42(32-19-17-30(39)18-20-32)49(45,46)33-21-22-35(47-2)36(24-33)48-3/h4-6,9-10,13-22,24,31,34H,7-8,11-12,23,25-26H2,1-3H3,(H,40,44)/t34-/m1/s1. The lowest BCUT2D eigenvalue weighted by Gasteiger charge is -2.34. The van der Waals surface area contributed by atoms with Gasteiger partial charge in [-0.1, -0.05) is 84.6 Å². The van der Waals surface area contributed by atoms with Gasteiger partial charge in [0.25, 0.3) is 10.0 Å². The van der Waals surface area contributed by atoms with Crippen molar-refractivity contribution in [3.8, 4) is 11.5 Å². The van der Waals surface area contributed by atoms with Gasteiger partial charge in [0.05, 0.1) is 24.8 Å². The number of halogens is 1. The first kappa shape index (κ1) is 35.8. The van der Waals surface area contributed by atoms with Gasteiger partial charge in [-0.3, -0.25) is 13.9 Å². The first-order valence-corrected chi connectivity index (χ1v) is 18.1. The number of hydrogen-bond acceptors (Lipinski definition) is 6. The molecule has 4 aromatic carbocycles. The van der Waals surface area contributed by atoms with Gasteiger partial charge in [-0.15, -0.1) is 0 Å². The molecule has 4 aromatic rings. The third-order valence-corrected chi connectivity index (χ3v) is 10.8. The van der Waals surface area contributed by atoms with E-state index < -0.39 is 28.5 Å². The predicted octanol–water partition coefficient (Wildman–Crippen LogP) is 6.56. The molecule has 1 saturated carbocycles. The van der Waals surface area contributed by atoms with Crippen molar-refractivity contribution in [3.63, 3.8) is 0 Å². The second kappa shape index (κ2) is 16.2. The second-order valence-corrected chi connectivity index (χ2v) is 14.5. The Morgan fingerprint density at radius 3 is 2.14 bits per heavy atom. The lowest BCUT2D eigenvalue weighted by molar-refractivity contribution is -0.140. The lowest BCUT2D eigenvalue weighted by atomic mass is 10.0. The summed E-state index contributed by atoms with van der Waals surface area (Å²) in [7, 11) is -1.47. The fraction of sp³-hybridized carbons (Fsp3) is 0.316. The predicted molar refractivity (Wildman–Crippen MR) is 192 cm³/mol. The molecule has 9 nitrogen and oxygen atoms in total. The molecule has 5 rings (SSSR count). The number of amides is 2. The summed E-state index contributed by atoms with van der Waals surface area (Å²) in [6, 6.07) is 26.9. The van der Waals surface area contributed by atoms with Gasteiger partial charge in [-0.2, -0.15) is 0 Å². The first-order chi connectivity index (χ1) is 23.6. The maximum absolute atomic E-state index is 14.7. The number of anilines is 1. The van der Waals surface area contributed by atoms with Crippen LogP contribution < -0.4 is 19.1 Å². The van der Waals surface area contributed by atoms with Crippen LogP contribution in [0.15, 0.2) is 102 Å². The monoisotopic (exact) mass is 703 g/mol. The number of benzene rings is 4. The highest BCUT2D eigenvalue weighted by Gasteiger charge is 2.36. The molecule has 2 amide bonds. The largest absolute Gasteiger partial charge is 0.493 e. The van der Waals surface area contributed by atoms with Crippen LogP contribution in [0.3, 0.4) is 0 Å². The minimum absolute atomic E-state index is 0.0260. The second-order valence-electron chi connectivity index (χ2n) is 12.2. The Morgan fingerprint density at radius 2 is 1.51 bits per heavy atom. The molecule has 1 atom stereocenters. The minimum Gasteiger partial charge on any atom is -0.493 e. The molecule has 0 aliphatic heterocycles. The Bertz CT molecular complexity index is 1830. The van der Waals surface area contributed by atoms with E-state index in [2.05, 4.69) is 5.32 Å². The highest BCUT2D eigenvalue weighted by atomic mass is 35.5. The summed E-state index contributed by atoms with van der Waals surface area (Å²) in [5.41, 5.74) is 2.98. The molecule has 258 valence electrons. The number of nitrogens with one attached hydrogen (secondary N) is 1. The topological polar surface area (TPSA) is 105 Å². The molecule has 1 fully saturated rings. The molecule has 1 N–H and O–H groups in total. The molecule has 11 heteroatoms. The van der Waals surface area contributed by atoms with E-state index in [1.165, 1.54) is 37.3 Å². The summed E-state index contributed by atoms with van der Waals surface area (Å²) in [4.78, 5) is 30.3. The van der Waals surface area contributed by atoms with Gasteiger partial charge < -0.3 is 19.7 Å². The number of hydrogen-bond donors (Lipinski definition) is 1. The molecule has 0 aromatic heterocycles. The summed E-state index contributed by atoms with van der Waals surface area (Å²) in [5, 5.41) is 3.60. The molecule has 0 bridgehead atoms. The zero-order chi connectivity index (χ0) is 35.0. The van der Waals surface area contributed by atoms with Crippen molar-refractivity contribution in [3.05, 3.63) is 119 Å². The summed E-state index contributed by atoms with van der Waals surface area (Å²) < 4.78 is 40.6. The molecule has 0 spiro atoms. The van der Waals surface area contributed by atoms with Crippen molar-refractivity contribution < 1.29 is 27.5 Å². The zero-order valence-corrected chi connectivity index (χ0v) is 29.5. The fourth-order valence-electron chi connectivity index (χ4n) is 6.05. The van der Waals surface area contributed by atoms with Crippen LogP contribution in [0.4, 0.5) is 5.69 Å². The number of nitrogens with zero attached hydrogens (tertiary/aromatic N) is 2. The molecule has 0 unspecified atom stereocenters. The van der Waals surface area contributed by atoms with Crippen molar-refractivity contribution in [2.75, 3.05) is 25.1 Å². The van der Waals surface area contributed by atoms with Crippen LogP contribution in [-0.2, 0) is 32.6 Å². The highest BCUT2D eigenvalue weighted by molar-refractivity contribution is 7.92. The average Bonchev–Trinajstić information content (AvgIpc) is 3.63. The number of aryl methyl sites for hydroxylation is 1. The van der Waals surface area contributed by atoms with Crippen LogP contribution in [-0.4, -0.2) is 58.0 Å². The molecular formula is C38H42ClN3O6S. The van der Waals surface area contributed by atoms with Crippen LogP contribution in [0.25, 0.3) is 0 Å². The molecule has 1 aliphatic rings. The third kappa shape index (κ3) is 8.93. The lowest BCUT2D eigenvalue weighted by Crippen LogP contribution is -2.54. The zero-order valence-electron chi connectivity index (χ0n) is 28.0. The van der Waals surface area contributed by atoms with E-state index in [4.69, 9.17) is 21.1 Å². The third-order valence-electron chi connectivity index (χ3n) is 8.78. The number of ether oxygens (including phenoxy) is 2. The first-order valence-electron chi connectivity index (χ1n) is 16.3. The Hall–Kier alpha value is -4.54. The maximum atomic E-state index is 14.7. The minimum atomic E-state index is -4.35. The molecule has 49 heavy (non-hydrogen) atoms. The SMILES string of the molecule is COc1ccc(S(=O)(=O)N(CC(=O)N(Cc2ccc(C)cc2)[C@H](Cc2ccccc2)C(=O)NC2CCCC2)c2ccc(Cl)cc2)cc1OC.